The van der Waals surface area contributed by atoms with Crippen molar-refractivity contribution in [2.75, 3.05) is 5.32 Å². The molecule has 1 aliphatic rings. The topological polar surface area (TPSA) is 137 Å². The third kappa shape index (κ3) is 2.50. The van der Waals surface area contributed by atoms with Gasteiger partial charge in [-0.2, -0.15) is 5.10 Å². The fourth-order valence-corrected chi connectivity index (χ4v) is 2.14. The number of rotatable bonds is 2. The van der Waals surface area contributed by atoms with Crippen LogP contribution in [0.5, 0.6) is 0 Å². The van der Waals surface area contributed by atoms with Crippen molar-refractivity contribution in [3.8, 4) is 0 Å². The Bertz CT molecular complexity index is 671. The normalized spacial score (nSPS) is 17.1. The van der Waals surface area contributed by atoms with Gasteiger partial charge in [-0.3, -0.25) is 5.32 Å². The molecule has 0 aromatic carbocycles. The third-order valence-electron chi connectivity index (χ3n) is 3.15. The van der Waals surface area contributed by atoms with E-state index in [1.54, 1.807) is 0 Å². The van der Waals surface area contributed by atoms with Crippen LogP contribution in [-0.4, -0.2) is 53.2 Å². The van der Waals surface area contributed by atoms with Crippen LogP contribution in [0.25, 0.3) is 0 Å². The van der Waals surface area contributed by atoms with Gasteiger partial charge in [0, 0.05) is 6.42 Å². The van der Waals surface area contributed by atoms with Crippen molar-refractivity contribution in [2.24, 2.45) is 0 Å². The van der Waals surface area contributed by atoms with Crippen molar-refractivity contribution >= 4 is 17.9 Å². The molecule has 3 rings (SSSR count). The summed E-state index contributed by atoms with van der Waals surface area (Å²) in [7, 11) is 0. The maximum Gasteiger partial charge on any atom is 0.326 e. The Hall–Kier alpha value is -3.04. The van der Waals surface area contributed by atoms with Crippen LogP contribution in [-0.2, 0) is 17.8 Å². The summed E-state index contributed by atoms with van der Waals surface area (Å²) < 4.78 is 0. The fourth-order valence-electron chi connectivity index (χ4n) is 2.14. The molecule has 1 atom stereocenters. The van der Waals surface area contributed by atoms with Crippen LogP contribution in [0.3, 0.4) is 0 Å². The minimum atomic E-state index is -1.09. The molecule has 3 N–H and O–H groups in total. The van der Waals surface area contributed by atoms with Crippen LogP contribution in [0.2, 0.25) is 0 Å². The van der Waals surface area contributed by atoms with Gasteiger partial charge in [-0.25, -0.2) is 19.6 Å². The summed E-state index contributed by atoms with van der Waals surface area (Å²) in [5, 5.41) is 18.9. The van der Waals surface area contributed by atoms with E-state index >= 15 is 0 Å². The molecule has 0 saturated carbocycles. The van der Waals surface area contributed by atoms with Crippen molar-refractivity contribution in [3.63, 3.8) is 0 Å². The Kier molecular flexibility index (Phi) is 3.18. The van der Waals surface area contributed by atoms with Gasteiger partial charge in [-0.15, -0.1) is 5.10 Å². The second-order valence-corrected chi connectivity index (χ2v) is 4.41. The summed E-state index contributed by atoms with van der Waals surface area (Å²) in [5.41, 5.74) is 1.37. The van der Waals surface area contributed by atoms with Crippen LogP contribution in [0.4, 0.5) is 10.7 Å². The van der Waals surface area contributed by atoms with Crippen LogP contribution in [0, 0.1) is 0 Å². The number of nitrogens with one attached hydrogen (secondary N) is 2. The zero-order valence-corrected chi connectivity index (χ0v) is 10.7. The van der Waals surface area contributed by atoms with Crippen molar-refractivity contribution < 1.29 is 14.7 Å². The third-order valence-corrected chi connectivity index (χ3v) is 3.15. The van der Waals surface area contributed by atoms with Crippen LogP contribution >= 0.6 is 0 Å². The zero-order valence-electron chi connectivity index (χ0n) is 10.7. The highest BCUT2D eigenvalue weighted by atomic mass is 16.4. The number of urea groups is 1. The number of H-pyrrole nitrogens is 1. The molecule has 3 heterocycles. The number of imidazole rings is 1. The van der Waals surface area contributed by atoms with Gasteiger partial charge in [0.05, 0.1) is 36.7 Å². The van der Waals surface area contributed by atoms with E-state index in [0.717, 1.165) is 5.69 Å². The second-order valence-electron chi connectivity index (χ2n) is 4.41. The summed E-state index contributed by atoms with van der Waals surface area (Å²) in [5.74, 6) is -1.08. The molecule has 0 fully saturated rings. The molecule has 21 heavy (non-hydrogen) atoms. The predicted molar refractivity (Wildman–Crippen MR) is 68.1 cm³/mol. The maximum atomic E-state index is 12.2. The Labute approximate surface area is 118 Å². The quantitative estimate of drug-likeness (QED) is 0.686. The molecule has 0 saturated heterocycles. The monoisotopic (exact) mass is 289 g/mol. The van der Waals surface area contributed by atoms with Crippen molar-refractivity contribution in [2.45, 2.75) is 19.0 Å². The number of hydrogen-bond acceptors (Lipinski definition) is 6. The predicted octanol–water partition coefficient (Wildman–Crippen LogP) is -0.362. The molecule has 2 aromatic heterocycles. The summed E-state index contributed by atoms with van der Waals surface area (Å²) in [6.07, 6.45) is 4.37. The molecule has 10 heteroatoms. The standard InChI is InChI=1S/C11H11N7O3/c19-9(20)8-3-6-7(14-5-13-6)4-18(8)11(21)16-10-12-1-2-15-17-10/h1-2,5,8H,3-4H2,(H,13,14)(H,19,20)(H,12,16,17,21). The van der Waals surface area contributed by atoms with Crippen LogP contribution < -0.4 is 5.32 Å². The number of carboxylic acid groups (broad SMARTS) is 1. The van der Waals surface area contributed by atoms with E-state index in [-0.39, 0.29) is 18.9 Å². The first-order valence-corrected chi connectivity index (χ1v) is 6.10. The first-order valence-electron chi connectivity index (χ1n) is 6.10. The highest BCUT2D eigenvalue weighted by Gasteiger charge is 2.36. The van der Waals surface area contributed by atoms with E-state index in [0.29, 0.717) is 5.69 Å². The number of carbonyl (C=O) groups excluding carboxylic acids is 1. The lowest BCUT2D eigenvalue weighted by molar-refractivity contribution is -0.142. The molecule has 0 aliphatic carbocycles. The number of carbonyl (C=O) groups is 2. The molecule has 0 spiro atoms. The highest BCUT2D eigenvalue weighted by Crippen LogP contribution is 2.21. The summed E-state index contributed by atoms with van der Waals surface area (Å²) in [6.45, 7) is 0.123. The summed E-state index contributed by atoms with van der Waals surface area (Å²) in [6, 6.07) is -1.59. The SMILES string of the molecule is O=C(O)C1Cc2nc[nH]c2CN1C(=O)Nc1nccnn1. The van der Waals surface area contributed by atoms with Gasteiger partial charge in [-0.05, 0) is 0 Å². The lowest BCUT2D eigenvalue weighted by Crippen LogP contribution is -2.50. The molecular formula is C11H11N7O3. The lowest BCUT2D eigenvalue weighted by atomic mass is 10.0. The summed E-state index contributed by atoms with van der Waals surface area (Å²) in [4.78, 5) is 35.5. The van der Waals surface area contributed by atoms with Crippen molar-refractivity contribution in [3.05, 3.63) is 30.1 Å². The fraction of sp³-hybridized carbons (Fsp3) is 0.273. The van der Waals surface area contributed by atoms with Crippen molar-refractivity contribution in [1.29, 1.82) is 0 Å². The van der Waals surface area contributed by atoms with E-state index in [1.165, 1.54) is 23.6 Å². The molecule has 2 aromatic rings. The minimum Gasteiger partial charge on any atom is -0.480 e. The Morgan fingerprint density at radius 3 is 2.95 bits per heavy atom. The average molecular weight is 289 g/mol. The first-order chi connectivity index (χ1) is 10.1. The number of aliphatic carboxylic acids is 1. The number of amides is 2. The number of anilines is 1. The molecule has 2 amide bonds. The number of aromatic nitrogens is 5. The van der Waals surface area contributed by atoms with E-state index in [2.05, 4.69) is 30.5 Å². The molecule has 10 nitrogen and oxygen atoms in total. The largest absolute Gasteiger partial charge is 0.480 e. The Balaban J connectivity index is 1.82. The molecule has 0 bridgehead atoms. The van der Waals surface area contributed by atoms with E-state index < -0.39 is 18.0 Å². The van der Waals surface area contributed by atoms with E-state index in [1.807, 2.05) is 0 Å². The van der Waals surface area contributed by atoms with Gasteiger partial charge in [-0.1, -0.05) is 0 Å². The maximum absolute atomic E-state index is 12.2. The van der Waals surface area contributed by atoms with E-state index in [4.69, 9.17) is 0 Å². The van der Waals surface area contributed by atoms with E-state index in [9.17, 15) is 14.7 Å². The van der Waals surface area contributed by atoms with Gasteiger partial charge in [0.15, 0.2) is 0 Å². The van der Waals surface area contributed by atoms with Crippen LogP contribution in [0.15, 0.2) is 18.7 Å². The smallest absolute Gasteiger partial charge is 0.326 e. The summed E-state index contributed by atoms with van der Waals surface area (Å²) >= 11 is 0. The van der Waals surface area contributed by atoms with Gasteiger partial charge in [0.1, 0.15) is 6.04 Å². The number of carboxylic acids is 1. The Morgan fingerprint density at radius 2 is 2.24 bits per heavy atom. The molecule has 108 valence electrons. The van der Waals surface area contributed by atoms with Gasteiger partial charge in [0.2, 0.25) is 0 Å². The molecule has 0 radical (unpaired) electrons. The van der Waals surface area contributed by atoms with Gasteiger partial charge >= 0.3 is 12.0 Å². The zero-order chi connectivity index (χ0) is 14.8. The van der Waals surface area contributed by atoms with Gasteiger partial charge < -0.3 is 15.0 Å². The minimum absolute atomic E-state index is 0.0158. The number of aromatic amines is 1. The van der Waals surface area contributed by atoms with Crippen molar-refractivity contribution in [1.82, 2.24) is 30.0 Å². The molecule has 1 aliphatic heterocycles. The van der Waals surface area contributed by atoms with Gasteiger partial charge in [0.25, 0.3) is 5.95 Å². The number of nitrogens with zero attached hydrogens (tertiary/aromatic N) is 5. The molecule has 1 unspecified atom stereocenters. The highest BCUT2D eigenvalue weighted by molar-refractivity contribution is 5.91. The Morgan fingerprint density at radius 1 is 1.38 bits per heavy atom. The lowest BCUT2D eigenvalue weighted by Gasteiger charge is -2.31. The second kappa shape index (κ2) is 5.15. The average Bonchev–Trinajstić information content (AvgIpc) is 2.94. The first kappa shape index (κ1) is 13.0. The number of fused-ring (bicyclic) bond motifs is 1. The molecular weight excluding hydrogens is 278 g/mol. The van der Waals surface area contributed by atoms with Crippen LogP contribution in [0.1, 0.15) is 11.4 Å². The number of hydrogen-bond donors (Lipinski definition) is 3.